The van der Waals surface area contributed by atoms with Crippen molar-refractivity contribution in [3.63, 3.8) is 0 Å². The molecule has 2 N–H and O–H groups in total. The van der Waals surface area contributed by atoms with Crippen LogP contribution in [0.4, 0.5) is 18.9 Å². The summed E-state index contributed by atoms with van der Waals surface area (Å²) in [6.45, 7) is 3.45. The molecule has 8 heteroatoms. The van der Waals surface area contributed by atoms with E-state index in [1.807, 2.05) is 6.92 Å². The van der Waals surface area contributed by atoms with Crippen LogP contribution in [-0.2, 0) is 19.1 Å². The van der Waals surface area contributed by atoms with Crippen molar-refractivity contribution in [2.45, 2.75) is 33.0 Å². The zero-order chi connectivity index (χ0) is 14.2. The van der Waals surface area contributed by atoms with E-state index >= 15 is 0 Å². The van der Waals surface area contributed by atoms with Gasteiger partial charge in [0.2, 0.25) is 0 Å². The van der Waals surface area contributed by atoms with Crippen LogP contribution in [0.1, 0.15) is 29.8 Å². The van der Waals surface area contributed by atoms with Crippen LogP contribution in [0.25, 0.3) is 0 Å². The summed E-state index contributed by atoms with van der Waals surface area (Å²) in [5, 5.41) is 7.26. The van der Waals surface area contributed by atoms with Crippen molar-refractivity contribution in [1.82, 2.24) is 14.9 Å². The molecule has 0 saturated heterocycles. The smallest absolute Gasteiger partial charge is 0.395 e. The third-order valence-corrected chi connectivity index (χ3v) is 2.80. The maximum Gasteiger partial charge on any atom is 0.437 e. The average molecular weight is 274 g/mol. The van der Waals surface area contributed by atoms with Gasteiger partial charge in [0.1, 0.15) is 6.54 Å². The van der Waals surface area contributed by atoms with Gasteiger partial charge in [-0.25, -0.2) is 0 Å². The minimum atomic E-state index is -4.56. The lowest BCUT2D eigenvalue weighted by atomic mass is 10.3. The van der Waals surface area contributed by atoms with Crippen LogP contribution in [0.5, 0.6) is 0 Å². The number of hydrogen-bond acceptors (Lipinski definition) is 4. The number of aromatic nitrogens is 3. The number of alkyl halides is 3. The van der Waals surface area contributed by atoms with E-state index in [-0.39, 0.29) is 17.9 Å². The molecule has 0 saturated carbocycles. The van der Waals surface area contributed by atoms with E-state index in [1.165, 1.54) is 6.92 Å². The van der Waals surface area contributed by atoms with Crippen LogP contribution in [0, 0.1) is 6.92 Å². The second-order valence-corrected chi connectivity index (χ2v) is 4.14. The predicted octanol–water partition coefficient (Wildman–Crippen LogP) is 2.39. The maximum atomic E-state index is 12.6. The number of aryl methyl sites for hydroxylation is 1. The molecule has 0 atom stereocenters. The number of nitrogens with zero attached hydrogens (tertiary/aromatic N) is 3. The molecular formula is C11H13F3N4O. The Hall–Kier alpha value is -1.99. The quantitative estimate of drug-likeness (QED) is 0.933. The van der Waals surface area contributed by atoms with Crippen molar-refractivity contribution in [2.24, 2.45) is 0 Å². The zero-order valence-electron chi connectivity index (χ0n) is 10.5. The van der Waals surface area contributed by atoms with Gasteiger partial charge in [-0.2, -0.15) is 18.3 Å². The third kappa shape index (κ3) is 2.56. The Morgan fingerprint density at radius 1 is 1.42 bits per heavy atom. The zero-order valence-corrected chi connectivity index (χ0v) is 10.5. The lowest BCUT2D eigenvalue weighted by Gasteiger charge is -2.01. The summed E-state index contributed by atoms with van der Waals surface area (Å²) in [6, 6.07) is 1.69. The molecular weight excluding hydrogens is 261 g/mol. The Morgan fingerprint density at radius 2 is 2.11 bits per heavy atom. The minimum Gasteiger partial charge on any atom is -0.395 e. The molecule has 0 aliphatic heterocycles. The van der Waals surface area contributed by atoms with Gasteiger partial charge >= 0.3 is 6.18 Å². The minimum absolute atomic E-state index is 0.0686. The maximum absolute atomic E-state index is 12.6. The largest absolute Gasteiger partial charge is 0.437 e. The second kappa shape index (κ2) is 4.60. The van der Waals surface area contributed by atoms with Gasteiger partial charge in [0.25, 0.3) is 0 Å². The summed E-state index contributed by atoms with van der Waals surface area (Å²) >= 11 is 0. The van der Waals surface area contributed by atoms with E-state index < -0.39 is 11.9 Å². The number of nitrogen functional groups attached to an aromatic ring is 1. The molecule has 0 spiro atoms. The van der Waals surface area contributed by atoms with E-state index in [1.54, 1.807) is 6.07 Å². The summed E-state index contributed by atoms with van der Waals surface area (Å²) in [6.07, 6.45) is -3.87. The van der Waals surface area contributed by atoms with Gasteiger partial charge in [-0.05, 0) is 13.3 Å². The topological polar surface area (TPSA) is 69.9 Å². The molecule has 0 unspecified atom stereocenters. The summed E-state index contributed by atoms with van der Waals surface area (Å²) in [7, 11) is 0. The number of anilines is 1. The first-order valence-electron chi connectivity index (χ1n) is 5.67. The van der Waals surface area contributed by atoms with Crippen LogP contribution < -0.4 is 5.73 Å². The molecule has 104 valence electrons. The van der Waals surface area contributed by atoms with Crippen LogP contribution >= 0.6 is 0 Å². The number of nitrogens with two attached hydrogens (primary N) is 1. The summed E-state index contributed by atoms with van der Waals surface area (Å²) < 4.78 is 44.1. The standard InChI is InChI=1S/C11H13F3N4O/c1-3-7-4-8(19-17-7)5-18-6(2)9(15)10(16-18)11(12,13)14/h4H,3,5,15H2,1-2H3. The number of rotatable bonds is 3. The fourth-order valence-electron chi connectivity index (χ4n) is 1.67. The normalized spacial score (nSPS) is 12.1. The van der Waals surface area contributed by atoms with Gasteiger partial charge in [0.15, 0.2) is 11.5 Å². The molecule has 0 aliphatic rings. The van der Waals surface area contributed by atoms with Gasteiger partial charge < -0.3 is 10.3 Å². The molecule has 0 radical (unpaired) electrons. The van der Waals surface area contributed by atoms with Crippen molar-refractivity contribution in [1.29, 1.82) is 0 Å². The van der Waals surface area contributed by atoms with E-state index in [0.29, 0.717) is 12.2 Å². The Morgan fingerprint density at radius 3 is 2.58 bits per heavy atom. The summed E-state index contributed by atoms with van der Waals surface area (Å²) in [4.78, 5) is 0. The molecule has 19 heavy (non-hydrogen) atoms. The lowest BCUT2D eigenvalue weighted by molar-refractivity contribution is -0.140. The molecule has 5 nitrogen and oxygen atoms in total. The number of halogens is 3. The third-order valence-electron chi connectivity index (χ3n) is 2.80. The van der Waals surface area contributed by atoms with Crippen LogP contribution in [0.3, 0.4) is 0 Å². The Kier molecular flexibility index (Phi) is 3.25. The lowest BCUT2D eigenvalue weighted by Crippen LogP contribution is -2.10. The average Bonchev–Trinajstić information content (AvgIpc) is 2.88. The Labute approximate surface area is 107 Å². The van der Waals surface area contributed by atoms with Crippen molar-refractivity contribution in [3.8, 4) is 0 Å². The molecule has 0 aromatic carbocycles. The molecule has 2 aromatic heterocycles. The molecule has 2 aromatic rings. The van der Waals surface area contributed by atoms with Gasteiger partial charge in [0.05, 0.1) is 17.1 Å². The monoisotopic (exact) mass is 274 g/mol. The van der Waals surface area contributed by atoms with E-state index in [2.05, 4.69) is 10.3 Å². The highest BCUT2D eigenvalue weighted by atomic mass is 19.4. The molecule has 0 fully saturated rings. The first kappa shape index (κ1) is 13.4. The van der Waals surface area contributed by atoms with Crippen molar-refractivity contribution in [2.75, 3.05) is 5.73 Å². The fourth-order valence-corrected chi connectivity index (χ4v) is 1.67. The van der Waals surface area contributed by atoms with Gasteiger partial charge in [-0.1, -0.05) is 12.1 Å². The predicted molar refractivity (Wildman–Crippen MR) is 61.4 cm³/mol. The van der Waals surface area contributed by atoms with E-state index in [9.17, 15) is 13.2 Å². The van der Waals surface area contributed by atoms with Crippen molar-refractivity contribution in [3.05, 3.63) is 28.9 Å². The first-order chi connectivity index (χ1) is 8.82. The Balaban J connectivity index is 2.31. The van der Waals surface area contributed by atoms with Crippen LogP contribution in [-0.4, -0.2) is 14.9 Å². The van der Waals surface area contributed by atoms with Gasteiger partial charge in [-0.3, -0.25) is 4.68 Å². The Bertz CT molecular complexity index is 585. The van der Waals surface area contributed by atoms with Crippen LogP contribution in [0.15, 0.2) is 10.6 Å². The van der Waals surface area contributed by atoms with Gasteiger partial charge in [0, 0.05) is 6.07 Å². The highest BCUT2D eigenvalue weighted by Crippen LogP contribution is 2.34. The van der Waals surface area contributed by atoms with Gasteiger partial charge in [-0.15, -0.1) is 0 Å². The molecule has 0 aliphatic carbocycles. The van der Waals surface area contributed by atoms with Crippen LogP contribution in [0.2, 0.25) is 0 Å². The second-order valence-electron chi connectivity index (χ2n) is 4.14. The van der Waals surface area contributed by atoms with E-state index in [0.717, 1.165) is 10.4 Å². The van der Waals surface area contributed by atoms with Crippen molar-refractivity contribution >= 4 is 5.69 Å². The molecule has 0 amide bonds. The SMILES string of the molecule is CCc1cc(Cn2nc(C(F)(F)F)c(N)c2C)on1. The summed E-state index contributed by atoms with van der Waals surface area (Å²) in [5.41, 5.74) is 4.99. The van der Waals surface area contributed by atoms with Crippen molar-refractivity contribution < 1.29 is 17.7 Å². The fraction of sp³-hybridized carbons (Fsp3) is 0.455. The van der Waals surface area contributed by atoms with E-state index in [4.69, 9.17) is 10.3 Å². The molecule has 0 bridgehead atoms. The molecule has 2 rings (SSSR count). The first-order valence-corrected chi connectivity index (χ1v) is 5.67. The molecule has 2 heterocycles. The highest BCUT2D eigenvalue weighted by Gasteiger charge is 2.37. The number of hydrogen-bond donors (Lipinski definition) is 1. The highest BCUT2D eigenvalue weighted by molar-refractivity contribution is 5.49. The summed E-state index contributed by atoms with van der Waals surface area (Å²) in [5.74, 6) is 0.441.